The molecule has 6 rings (SSSR count). The molecule has 3 N–H and O–H groups in total. The Morgan fingerprint density at radius 1 is 1.12 bits per heavy atom. The number of amides is 2. The van der Waals surface area contributed by atoms with Crippen LogP contribution in [0.2, 0.25) is 0 Å². The van der Waals surface area contributed by atoms with Crippen molar-refractivity contribution in [1.82, 2.24) is 9.13 Å². The fraction of sp³-hybridized carbons (Fsp3) is 0.192. The van der Waals surface area contributed by atoms with E-state index in [-0.39, 0.29) is 17.0 Å². The third-order valence-electron chi connectivity index (χ3n) is 6.75. The van der Waals surface area contributed by atoms with Crippen LogP contribution in [0.4, 0.5) is 5.69 Å². The summed E-state index contributed by atoms with van der Waals surface area (Å²) in [6, 6.07) is 13.9. The highest BCUT2D eigenvalue weighted by molar-refractivity contribution is 8.13. The Morgan fingerprint density at radius 3 is 2.74 bits per heavy atom. The van der Waals surface area contributed by atoms with Gasteiger partial charge in [-0.25, -0.2) is 4.90 Å². The van der Waals surface area contributed by atoms with Crippen molar-refractivity contribution in [2.45, 2.75) is 13.0 Å². The number of hydrogen-bond acceptors (Lipinski definition) is 4. The van der Waals surface area contributed by atoms with Crippen molar-refractivity contribution in [1.29, 1.82) is 5.41 Å². The topological polar surface area (TPSA) is 97.1 Å². The zero-order chi connectivity index (χ0) is 23.6. The van der Waals surface area contributed by atoms with Crippen molar-refractivity contribution in [2.75, 3.05) is 10.7 Å². The summed E-state index contributed by atoms with van der Waals surface area (Å²) in [7, 11) is 1.94. The van der Waals surface area contributed by atoms with E-state index in [1.54, 1.807) is 0 Å². The molecule has 8 heteroatoms. The maximum absolute atomic E-state index is 13.6. The molecule has 0 fully saturated rings. The van der Waals surface area contributed by atoms with Gasteiger partial charge in [0.25, 0.3) is 11.8 Å². The minimum Gasteiger partial charge on any atom is -0.379 e. The number of carbonyl (C=O) groups is 2. The quantitative estimate of drug-likeness (QED) is 0.269. The summed E-state index contributed by atoms with van der Waals surface area (Å²) in [5.74, 6) is 0.461. The largest absolute Gasteiger partial charge is 0.379 e. The standard InChI is InChI=1S/C26H23N5O2S/c1-29-12-20(17-6-2-3-8-21(17)29)19-10-23(32)31(25(19)33)22-13-30-11-15(14-34-26(27)28)9-16-5-4-7-18(22)24(16)30/h2-8,10,12-13,15H,9,11,14H2,1H3,(H3,27,28). The fourth-order valence-corrected chi connectivity index (χ4v) is 5.96. The molecular formula is C26H23N5O2S. The molecule has 0 saturated heterocycles. The lowest BCUT2D eigenvalue weighted by molar-refractivity contribution is -0.119. The van der Waals surface area contributed by atoms with E-state index in [9.17, 15) is 9.59 Å². The van der Waals surface area contributed by atoms with Crippen LogP contribution in [-0.2, 0) is 29.6 Å². The van der Waals surface area contributed by atoms with Gasteiger partial charge in [0.05, 0.1) is 16.8 Å². The van der Waals surface area contributed by atoms with Crippen LogP contribution >= 0.6 is 11.8 Å². The van der Waals surface area contributed by atoms with Crippen molar-refractivity contribution < 1.29 is 9.59 Å². The minimum atomic E-state index is -0.319. The second-order valence-electron chi connectivity index (χ2n) is 8.93. The van der Waals surface area contributed by atoms with E-state index < -0.39 is 0 Å². The number of amidine groups is 1. The normalized spacial score (nSPS) is 17.7. The second kappa shape index (κ2) is 7.63. The second-order valence-corrected chi connectivity index (χ2v) is 9.99. The molecular weight excluding hydrogens is 446 g/mol. The summed E-state index contributed by atoms with van der Waals surface area (Å²) in [5, 5.41) is 9.50. The number of imide groups is 1. The SMILES string of the molecule is Cn1cc(C2=CC(=O)N(c3cn4c5c(cccc35)CC(CSC(=N)N)C4)C2=O)c2ccccc21. The molecule has 0 bridgehead atoms. The Labute approximate surface area is 200 Å². The van der Waals surface area contributed by atoms with E-state index in [2.05, 4.69) is 10.6 Å². The molecule has 0 aliphatic carbocycles. The van der Waals surface area contributed by atoms with Crippen LogP contribution in [0.3, 0.4) is 0 Å². The van der Waals surface area contributed by atoms with Crippen LogP contribution in [0.5, 0.6) is 0 Å². The molecule has 0 radical (unpaired) electrons. The van der Waals surface area contributed by atoms with E-state index in [1.807, 2.05) is 60.4 Å². The molecule has 4 aromatic rings. The molecule has 0 spiro atoms. The van der Waals surface area contributed by atoms with Gasteiger partial charge >= 0.3 is 0 Å². The van der Waals surface area contributed by atoms with Gasteiger partial charge < -0.3 is 14.9 Å². The van der Waals surface area contributed by atoms with Gasteiger partial charge in [0.1, 0.15) is 0 Å². The minimum absolute atomic E-state index is 0.123. The van der Waals surface area contributed by atoms with Crippen LogP contribution in [0.1, 0.15) is 11.1 Å². The number of aryl methyl sites for hydroxylation is 1. The average Bonchev–Trinajstić information content (AvgIpc) is 3.45. The van der Waals surface area contributed by atoms with Crippen LogP contribution < -0.4 is 10.6 Å². The van der Waals surface area contributed by atoms with Gasteiger partial charge in [-0.2, -0.15) is 0 Å². The monoisotopic (exact) mass is 469 g/mol. The zero-order valence-corrected chi connectivity index (χ0v) is 19.4. The Balaban J connectivity index is 1.39. The van der Waals surface area contributed by atoms with E-state index in [4.69, 9.17) is 11.1 Å². The molecule has 7 nitrogen and oxygen atoms in total. The first-order valence-corrected chi connectivity index (χ1v) is 12.1. The number of thioether (sulfide) groups is 1. The Hall–Kier alpha value is -3.78. The third kappa shape index (κ3) is 3.09. The molecule has 170 valence electrons. The molecule has 34 heavy (non-hydrogen) atoms. The first-order valence-electron chi connectivity index (χ1n) is 11.1. The maximum Gasteiger partial charge on any atom is 0.266 e. The van der Waals surface area contributed by atoms with Gasteiger partial charge in [-0.15, -0.1) is 0 Å². The highest BCUT2D eigenvalue weighted by Gasteiger charge is 2.37. The number of rotatable bonds is 4. The van der Waals surface area contributed by atoms with Crippen LogP contribution in [0.25, 0.3) is 27.4 Å². The Bertz CT molecular complexity index is 1560. The first-order chi connectivity index (χ1) is 16.4. The number of nitrogens with one attached hydrogen (secondary N) is 1. The lowest BCUT2D eigenvalue weighted by atomic mass is 9.96. The fourth-order valence-electron chi connectivity index (χ4n) is 5.33. The van der Waals surface area contributed by atoms with Crippen molar-refractivity contribution >= 4 is 61.8 Å². The smallest absolute Gasteiger partial charge is 0.266 e. The van der Waals surface area contributed by atoms with Gasteiger partial charge in [0.15, 0.2) is 5.17 Å². The Kier molecular flexibility index (Phi) is 4.67. The predicted octanol–water partition coefficient (Wildman–Crippen LogP) is 3.89. The van der Waals surface area contributed by atoms with E-state index in [0.29, 0.717) is 17.2 Å². The van der Waals surface area contributed by atoms with Gasteiger partial charge in [-0.3, -0.25) is 15.0 Å². The molecule has 2 amide bonds. The number of aromatic nitrogens is 2. The molecule has 0 saturated carbocycles. The number of anilines is 1. The van der Waals surface area contributed by atoms with Gasteiger partial charge in [0, 0.05) is 59.7 Å². The summed E-state index contributed by atoms with van der Waals surface area (Å²) in [6.45, 7) is 0.758. The summed E-state index contributed by atoms with van der Waals surface area (Å²) in [4.78, 5) is 28.1. The van der Waals surface area contributed by atoms with E-state index >= 15 is 0 Å². The highest BCUT2D eigenvalue weighted by Crippen LogP contribution is 2.40. The van der Waals surface area contributed by atoms with Crippen molar-refractivity contribution in [3.8, 4) is 0 Å². The summed E-state index contributed by atoms with van der Waals surface area (Å²) in [6.07, 6.45) is 6.18. The lowest BCUT2D eigenvalue weighted by Gasteiger charge is -2.24. The highest BCUT2D eigenvalue weighted by atomic mass is 32.2. The number of fused-ring (bicyclic) bond motifs is 1. The number of para-hydroxylation sites is 2. The van der Waals surface area contributed by atoms with Crippen LogP contribution in [-0.4, -0.2) is 31.9 Å². The zero-order valence-electron chi connectivity index (χ0n) is 18.6. The van der Waals surface area contributed by atoms with Gasteiger partial charge in [-0.1, -0.05) is 48.2 Å². The third-order valence-corrected chi connectivity index (χ3v) is 7.70. The van der Waals surface area contributed by atoms with Gasteiger partial charge in [-0.05, 0) is 24.0 Å². The molecule has 2 aliphatic rings. The van der Waals surface area contributed by atoms with E-state index in [0.717, 1.165) is 46.1 Å². The number of nitrogens with two attached hydrogens (primary N) is 1. The predicted molar refractivity (Wildman–Crippen MR) is 137 cm³/mol. The van der Waals surface area contributed by atoms with Crippen LogP contribution in [0.15, 0.2) is 60.9 Å². The number of nitrogens with zero attached hydrogens (tertiary/aromatic N) is 3. The lowest BCUT2D eigenvalue weighted by Crippen LogP contribution is -2.30. The van der Waals surface area contributed by atoms with Crippen molar-refractivity contribution in [3.63, 3.8) is 0 Å². The van der Waals surface area contributed by atoms with E-state index in [1.165, 1.54) is 28.3 Å². The molecule has 1 atom stereocenters. The molecule has 2 aromatic heterocycles. The molecule has 2 aromatic carbocycles. The first kappa shape index (κ1) is 20.8. The molecule has 4 heterocycles. The summed E-state index contributed by atoms with van der Waals surface area (Å²) < 4.78 is 4.12. The number of carbonyl (C=O) groups excluding carboxylic acids is 2. The van der Waals surface area contributed by atoms with Crippen molar-refractivity contribution in [3.05, 3.63) is 72.1 Å². The Morgan fingerprint density at radius 2 is 1.91 bits per heavy atom. The maximum atomic E-state index is 13.6. The molecule has 1 unspecified atom stereocenters. The molecule has 2 aliphatic heterocycles. The average molecular weight is 470 g/mol. The van der Waals surface area contributed by atoms with Crippen molar-refractivity contribution in [2.24, 2.45) is 18.7 Å². The van der Waals surface area contributed by atoms with Crippen LogP contribution in [0, 0.1) is 11.3 Å². The summed E-state index contributed by atoms with van der Waals surface area (Å²) in [5.41, 5.74) is 10.6. The summed E-state index contributed by atoms with van der Waals surface area (Å²) >= 11 is 1.35. The number of benzene rings is 2. The van der Waals surface area contributed by atoms with Gasteiger partial charge in [0.2, 0.25) is 0 Å². The number of hydrogen-bond donors (Lipinski definition) is 2.